The van der Waals surface area contributed by atoms with Crippen LogP contribution in [-0.4, -0.2) is 10.9 Å². The Bertz CT molecular complexity index is 958. The summed E-state index contributed by atoms with van der Waals surface area (Å²) in [7, 11) is 0. The zero-order chi connectivity index (χ0) is 18.3. The Morgan fingerprint density at radius 1 is 1.00 bits per heavy atom. The van der Waals surface area contributed by atoms with Gasteiger partial charge in [0.15, 0.2) is 0 Å². The van der Waals surface area contributed by atoms with Crippen molar-refractivity contribution in [2.24, 2.45) is 0 Å². The van der Waals surface area contributed by atoms with Gasteiger partial charge in [-0.05, 0) is 67.1 Å². The predicted octanol–water partition coefficient (Wildman–Crippen LogP) is 5.61. The molecule has 0 N–H and O–H groups in total. The molecule has 0 unspecified atom stereocenters. The van der Waals surface area contributed by atoms with Gasteiger partial charge in [-0.1, -0.05) is 12.1 Å². The van der Waals surface area contributed by atoms with Crippen LogP contribution in [0.4, 0.5) is 17.6 Å². The number of nitrogens with zero attached hydrogens (tertiary/aromatic N) is 1. The lowest BCUT2D eigenvalue weighted by atomic mass is 9.95. The third-order valence-corrected chi connectivity index (χ3v) is 4.81. The van der Waals surface area contributed by atoms with Crippen molar-refractivity contribution < 1.29 is 22.3 Å². The highest BCUT2D eigenvalue weighted by Gasteiger charge is 2.31. The molecule has 0 radical (unpaired) electrons. The fourth-order valence-electron chi connectivity index (χ4n) is 3.81. The second-order valence-electron chi connectivity index (χ2n) is 6.58. The molecule has 6 heteroatoms. The van der Waals surface area contributed by atoms with Crippen molar-refractivity contribution in [3.63, 3.8) is 0 Å². The molecule has 2 nitrogen and oxygen atoms in total. The van der Waals surface area contributed by atoms with Gasteiger partial charge in [-0.2, -0.15) is 0 Å². The molecule has 0 saturated heterocycles. The minimum atomic E-state index is -4.71. The number of aromatic nitrogens is 1. The number of benzene rings is 2. The normalized spacial score (nSPS) is 14.5. The van der Waals surface area contributed by atoms with Crippen molar-refractivity contribution in [2.75, 3.05) is 0 Å². The zero-order valence-electron chi connectivity index (χ0n) is 13.9. The molecule has 136 valence electrons. The second-order valence-corrected chi connectivity index (χ2v) is 6.58. The summed E-state index contributed by atoms with van der Waals surface area (Å²) in [5, 5.41) is 0.790. The van der Waals surface area contributed by atoms with Gasteiger partial charge in [-0.25, -0.2) is 4.39 Å². The van der Waals surface area contributed by atoms with E-state index in [0.717, 1.165) is 53.4 Å². The van der Waals surface area contributed by atoms with Crippen LogP contribution in [0.15, 0.2) is 42.5 Å². The average Bonchev–Trinajstić information content (AvgIpc) is 2.87. The van der Waals surface area contributed by atoms with Crippen LogP contribution in [0.25, 0.3) is 10.9 Å². The van der Waals surface area contributed by atoms with Crippen molar-refractivity contribution in [1.29, 1.82) is 0 Å². The highest BCUT2D eigenvalue weighted by atomic mass is 19.4. The van der Waals surface area contributed by atoms with Crippen LogP contribution in [0.2, 0.25) is 0 Å². The largest absolute Gasteiger partial charge is 0.573 e. The minimum Gasteiger partial charge on any atom is -0.406 e. The van der Waals surface area contributed by atoms with Crippen LogP contribution in [-0.2, 0) is 19.4 Å². The number of hydrogen-bond acceptors (Lipinski definition) is 1. The Kier molecular flexibility index (Phi) is 4.13. The Morgan fingerprint density at radius 3 is 2.58 bits per heavy atom. The maximum absolute atomic E-state index is 13.5. The quantitative estimate of drug-likeness (QED) is 0.552. The summed E-state index contributed by atoms with van der Waals surface area (Å²) < 4.78 is 57.3. The van der Waals surface area contributed by atoms with E-state index in [-0.39, 0.29) is 11.6 Å². The van der Waals surface area contributed by atoms with Gasteiger partial charge in [0.05, 0.1) is 0 Å². The minimum absolute atomic E-state index is 0.207. The van der Waals surface area contributed by atoms with E-state index < -0.39 is 6.36 Å². The number of halogens is 4. The lowest BCUT2D eigenvalue weighted by molar-refractivity contribution is -0.274. The molecule has 0 atom stereocenters. The summed E-state index contributed by atoms with van der Waals surface area (Å²) in [5.74, 6) is -0.505. The van der Waals surface area contributed by atoms with Gasteiger partial charge in [0, 0.05) is 23.1 Å². The molecule has 0 aliphatic heterocycles. The van der Waals surface area contributed by atoms with E-state index in [0.29, 0.717) is 6.54 Å². The molecule has 4 rings (SSSR count). The van der Waals surface area contributed by atoms with Gasteiger partial charge in [0.2, 0.25) is 0 Å². The Labute approximate surface area is 148 Å². The van der Waals surface area contributed by atoms with Gasteiger partial charge in [0.25, 0.3) is 0 Å². The third kappa shape index (κ3) is 3.28. The van der Waals surface area contributed by atoms with E-state index in [1.54, 1.807) is 12.1 Å². The molecule has 0 bridgehead atoms. The van der Waals surface area contributed by atoms with Crippen LogP contribution in [0.1, 0.15) is 29.7 Å². The molecule has 0 amide bonds. The standard InChI is InChI=1S/C20H17F4NO/c21-14-5-3-4-13(10-14)12-25-18-7-2-1-6-16(18)17-11-15(8-9-19(17)25)26-20(22,23)24/h3-5,8-11H,1-2,6-7,12H2. The molecule has 1 aliphatic carbocycles. The first-order chi connectivity index (χ1) is 12.4. The first-order valence-corrected chi connectivity index (χ1v) is 8.55. The van der Waals surface area contributed by atoms with Gasteiger partial charge >= 0.3 is 6.36 Å². The summed E-state index contributed by atoms with van der Waals surface area (Å²) in [5.41, 5.74) is 3.89. The van der Waals surface area contributed by atoms with Crippen LogP contribution >= 0.6 is 0 Å². The van der Waals surface area contributed by atoms with Crippen molar-refractivity contribution in [2.45, 2.75) is 38.6 Å². The molecule has 1 aromatic heterocycles. The van der Waals surface area contributed by atoms with Crippen LogP contribution in [0, 0.1) is 5.82 Å². The monoisotopic (exact) mass is 363 g/mol. The predicted molar refractivity (Wildman–Crippen MR) is 90.8 cm³/mol. The van der Waals surface area contributed by atoms with Crippen molar-refractivity contribution in [1.82, 2.24) is 4.57 Å². The number of ether oxygens (including phenoxy) is 1. The lowest BCUT2D eigenvalue weighted by Crippen LogP contribution is -2.17. The maximum atomic E-state index is 13.5. The van der Waals surface area contributed by atoms with Gasteiger partial charge < -0.3 is 9.30 Å². The molecule has 0 fully saturated rings. The van der Waals surface area contributed by atoms with Gasteiger partial charge in [-0.3, -0.25) is 0 Å². The van der Waals surface area contributed by atoms with E-state index in [1.807, 2.05) is 6.07 Å². The molecule has 0 spiro atoms. The summed E-state index contributed by atoms with van der Waals surface area (Å²) in [6.07, 6.45) is -0.959. The SMILES string of the molecule is Fc1cccc(Cn2c3c(c4cc(OC(F)(F)F)ccc42)CCCC3)c1. The fraction of sp³-hybridized carbons (Fsp3) is 0.300. The first kappa shape index (κ1) is 16.9. The van der Waals surface area contributed by atoms with Crippen LogP contribution in [0.3, 0.4) is 0 Å². The smallest absolute Gasteiger partial charge is 0.406 e. The van der Waals surface area contributed by atoms with E-state index in [4.69, 9.17) is 0 Å². The summed E-state index contributed by atoms with van der Waals surface area (Å²) in [4.78, 5) is 0. The molecule has 1 aliphatic rings. The average molecular weight is 363 g/mol. The maximum Gasteiger partial charge on any atom is 0.573 e. The number of fused-ring (bicyclic) bond motifs is 3. The van der Waals surface area contributed by atoms with E-state index >= 15 is 0 Å². The molecular formula is C20H17F4NO. The number of hydrogen-bond donors (Lipinski definition) is 0. The van der Waals surface area contributed by atoms with Crippen LogP contribution < -0.4 is 4.74 Å². The number of rotatable bonds is 3. The molecule has 26 heavy (non-hydrogen) atoms. The van der Waals surface area contributed by atoms with Gasteiger partial charge in [0.1, 0.15) is 11.6 Å². The Hall–Kier alpha value is -2.50. The fourth-order valence-corrected chi connectivity index (χ4v) is 3.81. The van der Waals surface area contributed by atoms with E-state index in [2.05, 4.69) is 9.30 Å². The molecule has 0 saturated carbocycles. The van der Waals surface area contributed by atoms with Crippen LogP contribution in [0.5, 0.6) is 5.75 Å². The lowest BCUT2D eigenvalue weighted by Gasteiger charge is -2.16. The number of aryl methyl sites for hydroxylation is 1. The van der Waals surface area contributed by atoms with E-state index in [1.165, 1.54) is 24.3 Å². The molecular weight excluding hydrogens is 346 g/mol. The Morgan fingerprint density at radius 2 is 1.81 bits per heavy atom. The number of alkyl halides is 3. The second kappa shape index (κ2) is 6.34. The zero-order valence-corrected chi connectivity index (χ0v) is 13.9. The summed E-state index contributed by atoms with van der Waals surface area (Å²) >= 11 is 0. The Balaban J connectivity index is 1.81. The molecule has 1 heterocycles. The summed E-state index contributed by atoms with van der Waals surface area (Å²) in [6.45, 7) is 0.489. The van der Waals surface area contributed by atoms with Gasteiger partial charge in [-0.15, -0.1) is 13.2 Å². The highest BCUT2D eigenvalue weighted by Crippen LogP contribution is 2.36. The van der Waals surface area contributed by atoms with Crippen molar-refractivity contribution >= 4 is 10.9 Å². The van der Waals surface area contributed by atoms with Crippen molar-refractivity contribution in [3.8, 4) is 5.75 Å². The first-order valence-electron chi connectivity index (χ1n) is 8.55. The third-order valence-electron chi connectivity index (χ3n) is 4.81. The van der Waals surface area contributed by atoms with Crippen molar-refractivity contribution in [3.05, 3.63) is 65.1 Å². The topological polar surface area (TPSA) is 14.2 Å². The molecule has 2 aromatic carbocycles. The molecule has 3 aromatic rings. The van der Waals surface area contributed by atoms with E-state index in [9.17, 15) is 17.6 Å². The summed E-state index contributed by atoms with van der Waals surface area (Å²) in [6, 6.07) is 10.9. The highest BCUT2D eigenvalue weighted by molar-refractivity contribution is 5.87.